The lowest BCUT2D eigenvalue weighted by molar-refractivity contribution is 1.08. The van der Waals surface area contributed by atoms with Gasteiger partial charge in [0.1, 0.15) is 11.6 Å². The zero-order valence-corrected chi connectivity index (χ0v) is 10.1. The molecule has 0 spiro atoms. The quantitative estimate of drug-likeness (QED) is 0.905. The molecule has 2 rings (SSSR count). The van der Waals surface area contributed by atoms with Crippen LogP contribution in [0.2, 0.25) is 0 Å². The molecule has 0 unspecified atom stereocenters. The van der Waals surface area contributed by atoms with Crippen LogP contribution in [0.4, 0.5) is 11.6 Å². The van der Waals surface area contributed by atoms with Gasteiger partial charge >= 0.3 is 0 Å². The molecule has 1 heterocycles. The molecule has 0 aliphatic carbocycles. The second-order valence-corrected chi connectivity index (χ2v) is 4.13. The van der Waals surface area contributed by atoms with Gasteiger partial charge in [0.15, 0.2) is 0 Å². The SMILES string of the molecule is Nc1cncc(NCc2ccccc2Br)n1. The van der Waals surface area contributed by atoms with E-state index < -0.39 is 0 Å². The Morgan fingerprint density at radius 1 is 1.25 bits per heavy atom. The minimum absolute atomic E-state index is 0.414. The van der Waals surface area contributed by atoms with Gasteiger partial charge in [-0.05, 0) is 11.6 Å². The van der Waals surface area contributed by atoms with E-state index in [1.165, 1.54) is 6.20 Å². The molecular formula is C11H11BrN4. The molecule has 1 aromatic heterocycles. The van der Waals surface area contributed by atoms with E-state index in [1.54, 1.807) is 6.20 Å². The molecule has 0 aliphatic rings. The zero-order chi connectivity index (χ0) is 11.4. The fourth-order valence-electron chi connectivity index (χ4n) is 1.29. The Kier molecular flexibility index (Phi) is 3.36. The number of nitrogen functional groups attached to an aromatic ring is 1. The van der Waals surface area contributed by atoms with Crippen molar-refractivity contribution in [2.75, 3.05) is 11.1 Å². The van der Waals surface area contributed by atoms with Crippen LogP contribution in [0.25, 0.3) is 0 Å². The van der Waals surface area contributed by atoms with E-state index in [9.17, 15) is 0 Å². The van der Waals surface area contributed by atoms with Crippen molar-refractivity contribution >= 4 is 27.6 Å². The van der Waals surface area contributed by atoms with E-state index in [0.717, 1.165) is 10.0 Å². The molecule has 0 radical (unpaired) electrons. The molecule has 3 N–H and O–H groups in total. The van der Waals surface area contributed by atoms with Crippen molar-refractivity contribution in [2.45, 2.75) is 6.54 Å². The van der Waals surface area contributed by atoms with E-state index in [0.29, 0.717) is 18.2 Å². The van der Waals surface area contributed by atoms with Gasteiger partial charge in [-0.3, -0.25) is 4.98 Å². The molecule has 0 amide bonds. The van der Waals surface area contributed by atoms with E-state index in [1.807, 2.05) is 24.3 Å². The lowest BCUT2D eigenvalue weighted by Crippen LogP contribution is -2.03. The van der Waals surface area contributed by atoms with Crippen LogP contribution in [0.3, 0.4) is 0 Å². The first-order valence-corrected chi connectivity index (χ1v) is 5.60. The molecule has 0 fully saturated rings. The minimum atomic E-state index is 0.414. The van der Waals surface area contributed by atoms with Crippen molar-refractivity contribution < 1.29 is 0 Å². The second kappa shape index (κ2) is 4.94. The van der Waals surface area contributed by atoms with Crippen molar-refractivity contribution in [3.05, 3.63) is 46.7 Å². The molecule has 0 saturated heterocycles. The summed E-state index contributed by atoms with van der Waals surface area (Å²) in [5.41, 5.74) is 6.69. The van der Waals surface area contributed by atoms with E-state index >= 15 is 0 Å². The van der Waals surface area contributed by atoms with Gasteiger partial charge < -0.3 is 11.1 Å². The van der Waals surface area contributed by atoms with Crippen LogP contribution in [-0.4, -0.2) is 9.97 Å². The Balaban J connectivity index is 2.05. The average molecular weight is 279 g/mol. The van der Waals surface area contributed by atoms with E-state index in [2.05, 4.69) is 31.2 Å². The first kappa shape index (κ1) is 10.9. The number of hydrogen-bond acceptors (Lipinski definition) is 4. The van der Waals surface area contributed by atoms with Crippen LogP contribution in [0.5, 0.6) is 0 Å². The highest BCUT2D eigenvalue weighted by Crippen LogP contribution is 2.16. The zero-order valence-electron chi connectivity index (χ0n) is 8.52. The van der Waals surface area contributed by atoms with E-state index in [-0.39, 0.29) is 0 Å². The van der Waals surface area contributed by atoms with Crippen molar-refractivity contribution in [3.63, 3.8) is 0 Å². The molecule has 1 aromatic carbocycles. The summed E-state index contributed by atoms with van der Waals surface area (Å²) in [5, 5.41) is 3.16. The van der Waals surface area contributed by atoms with E-state index in [4.69, 9.17) is 5.73 Å². The summed E-state index contributed by atoms with van der Waals surface area (Å²) < 4.78 is 1.07. The molecule has 4 nitrogen and oxygen atoms in total. The van der Waals surface area contributed by atoms with Crippen molar-refractivity contribution in [1.29, 1.82) is 0 Å². The highest BCUT2D eigenvalue weighted by atomic mass is 79.9. The monoisotopic (exact) mass is 278 g/mol. The van der Waals surface area contributed by atoms with Crippen molar-refractivity contribution in [3.8, 4) is 0 Å². The number of anilines is 2. The summed E-state index contributed by atoms with van der Waals surface area (Å²) in [4.78, 5) is 8.06. The molecule has 16 heavy (non-hydrogen) atoms. The number of benzene rings is 1. The molecule has 0 atom stereocenters. The number of nitrogens with zero attached hydrogens (tertiary/aromatic N) is 2. The summed E-state index contributed by atoms with van der Waals surface area (Å²) in [5.74, 6) is 1.09. The lowest BCUT2D eigenvalue weighted by atomic mass is 10.2. The molecule has 0 bridgehead atoms. The summed E-state index contributed by atoms with van der Waals surface area (Å²) in [7, 11) is 0. The predicted octanol–water partition coefficient (Wildman–Crippen LogP) is 2.43. The Morgan fingerprint density at radius 2 is 2.06 bits per heavy atom. The molecule has 82 valence electrons. The molecule has 2 aromatic rings. The highest BCUT2D eigenvalue weighted by Gasteiger charge is 1.99. The van der Waals surface area contributed by atoms with Gasteiger partial charge in [-0.2, -0.15) is 0 Å². The molecular weight excluding hydrogens is 268 g/mol. The molecule has 0 saturated carbocycles. The fraction of sp³-hybridized carbons (Fsp3) is 0.0909. The van der Waals surface area contributed by atoms with Crippen LogP contribution in [0.1, 0.15) is 5.56 Å². The van der Waals surface area contributed by atoms with Crippen LogP contribution in [-0.2, 0) is 6.54 Å². The maximum absolute atomic E-state index is 5.53. The number of aromatic nitrogens is 2. The third kappa shape index (κ3) is 2.70. The van der Waals surface area contributed by atoms with Crippen LogP contribution < -0.4 is 11.1 Å². The first-order valence-electron chi connectivity index (χ1n) is 4.80. The van der Waals surface area contributed by atoms with Crippen molar-refractivity contribution in [1.82, 2.24) is 9.97 Å². The van der Waals surface area contributed by atoms with Crippen LogP contribution in [0, 0.1) is 0 Å². The maximum atomic E-state index is 5.53. The lowest BCUT2D eigenvalue weighted by Gasteiger charge is -2.07. The number of rotatable bonds is 3. The molecule has 5 heteroatoms. The summed E-state index contributed by atoms with van der Waals surface area (Å²) in [6.45, 7) is 0.680. The highest BCUT2D eigenvalue weighted by molar-refractivity contribution is 9.10. The smallest absolute Gasteiger partial charge is 0.147 e. The maximum Gasteiger partial charge on any atom is 0.147 e. The van der Waals surface area contributed by atoms with Gasteiger partial charge in [0, 0.05) is 11.0 Å². The number of halogens is 1. The third-order valence-electron chi connectivity index (χ3n) is 2.07. The van der Waals surface area contributed by atoms with Gasteiger partial charge in [0.2, 0.25) is 0 Å². The minimum Gasteiger partial charge on any atom is -0.382 e. The standard InChI is InChI=1S/C11H11BrN4/c12-9-4-2-1-3-8(9)5-15-11-7-14-6-10(13)16-11/h1-4,6-7H,5H2,(H3,13,15,16). The number of hydrogen-bond donors (Lipinski definition) is 2. The third-order valence-corrected chi connectivity index (χ3v) is 2.84. The van der Waals surface area contributed by atoms with Crippen LogP contribution >= 0.6 is 15.9 Å². The van der Waals surface area contributed by atoms with Gasteiger partial charge in [-0.25, -0.2) is 4.98 Å². The second-order valence-electron chi connectivity index (χ2n) is 3.27. The topological polar surface area (TPSA) is 63.8 Å². The summed E-state index contributed by atoms with van der Waals surface area (Å²) in [6, 6.07) is 8.01. The molecule has 0 aliphatic heterocycles. The summed E-state index contributed by atoms with van der Waals surface area (Å²) >= 11 is 3.48. The van der Waals surface area contributed by atoms with Gasteiger partial charge in [0.05, 0.1) is 12.4 Å². The largest absolute Gasteiger partial charge is 0.382 e. The fourth-order valence-corrected chi connectivity index (χ4v) is 1.72. The first-order chi connectivity index (χ1) is 7.75. The van der Waals surface area contributed by atoms with Gasteiger partial charge in [0.25, 0.3) is 0 Å². The Hall–Kier alpha value is -1.62. The van der Waals surface area contributed by atoms with Crippen LogP contribution in [0.15, 0.2) is 41.1 Å². The van der Waals surface area contributed by atoms with Gasteiger partial charge in [-0.15, -0.1) is 0 Å². The average Bonchev–Trinajstić information content (AvgIpc) is 2.28. The summed E-state index contributed by atoms with van der Waals surface area (Å²) in [6.07, 6.45) is 3.16. The Labute approximate surface area is 102 Å². The van der Waals surface area contributed by atoms with Crippen molar-refractivity contribution in [2.24, 2.45) is 0 Å². The predicted molar refractivity (Wildman–Crippen MR) is 67.9 cm³/mol. The van der Waals surface area contributed by atoms with Gasteiger partial charge in [-0.1, -0.05) is 34.1 Å². The normalized spacial score (nSPS) is 10.1. The Bertz CT molecular complexity index is 487. The number of nitrogens with two attached hydrogens (primary N) is 1. The number of nitrogens with one attached hydrogen (secondary N) is 1. The Morgan fingerprint density at radius 3 is 2.81 bits per heavy atom.